The number of H-pyrrole nitrogens is 1. The first kappa shape index (κ1) is 18.4. The van der Waals surface area contributed by atoms with Crippen LogP contribution in [-0.2, 0) is 0 Å². The summed E-state index contributed by atoms with van der Waals surface area (Å²) in [5.41, 5.74) is 3.63. The molecule has 1 N–H and O–H groups in total. The molecule has 144 valence electrons. The monoisotopic (exact) mass is 375 g/mol. The number of nitrogens with one attached hydrogen (secondary N) is 1. The van der Waals surface area contributed by atoms with Crippen LogP contribution in [0.5, 0.6) is 0 Å². The molecule has 1 aliphatic rings. The van der Waals surface area contributed by atoms with E-state index in [0.29, 0.717) is 0 Å². The van der Waals surface area contributed by atoms with Crippen LogP contribution in [0, 0.1) is 0 Å². The number of carbonyl (C=O) groups is 2. The minimum atomic E-state index is -0.151. The van der Waals surface area contributed by atoms with E-state index in [1.54, 1.807) is 6.92 Å². The van der Waals surface area contributed by atoms with E-state index in [-0.39, 0.29) is 17.6 Å². The van der Waals surface area contributed by atoms with Crippen molar-refractivity contribution in [2.75, 3.05) is 31.1 Å². The van der Waals surface area contributed by atoms with Crippen molar-refractivity contribution in [1.82, 2.24) is 9.88 Å². The summed E-state index contributed by atoms with van der Waals surface area (Å²) in [5.74, 6) is 0.248. The molecule has 0 unspecified atom stereocenters. The molecule has 1 aliphatic heterocycles. The smallest absolute Gasteiger partial charge is 0.181 e. The highest BCUT2D eigenvalue weighted by atomic mass is 16.1. The average molecular weight is 375 g/mol. The molecule has 1 atom stereocenters. The predicted molar refractivity (Wildman–Crippen MR) is 112 cm³/mol. The number of piperazine rings is 1. The molecule has 1 aromatic heterocycles. The van der Waals surface area contributed by atoms with Crippen LogP contribution in [-0.4, -0.2) is 53.7 Å². The second-order valence-electron chi connectivity index (χ2n) is 7.41. The first-order chi connectivity index (χ1) is 13.5. The van der Waals surface area contributed by atoms with E-state index in [2.05, 4.69) is 14.8 Å². The number of ketones is 2. The van der Waals surface area contributed by atoms with Gasteiger partial charge in [-0.3, -0.25) is 14.5 Å². The molecule has 5 heteroatoms. The fourth-order valence-corrected chi connectivity index (χ4v) is 3.94. The Labute approximate surface area is 165 Å². The Kier molecular flexibility index (Phi) is 5.01. The maximum absolute atomic E-state index is 13.1. The van der Waals surface area contributed by atoms with Gasteiger partial charge in [0.15, 0.2) is 11.6 Å². The maximum Gasteiger partial charge on any atom is 0.181 e. The molecule has 1 fully saturated rings. The molecule has 5 nitrogen and oxygen atoms in total. The second-order valence-corrected chi connectivity index (χ2v) is 7.41. The van der Waals surface area contributed by atoms with Crippen LogP contribution in [0.1, 0.15) is 34.6 Å². The predicted octanol–water partition coefficient (Wildman–Crippen LogP) is 3.76. The Morgan fingerprint density at radius 3 is 2.32 bits per heavy atom. The van der Waals surface area contributed by atoms with Crippen molar-refractivity contribution in [3.8, 4) is 0 Å². The zero-order valence-electron chi connectivity index (χ0n) is 16.3. The molecule has 0 spiro atoms. The van der Waals surface area contributed by atoms with Gasteiger partial charge >= 0.3 is 0 Å². The average Bonchev–Trinajstić information content (AvgIpc) is 3.17. The molecule has 0 aliphatic carbocycles. The number of anilines is 1. The Hall–Kier alpha value is -2.92. The zero-order chi connectivity index (χ0) is 19.7. The lowest BCUT2D eigenvalue weighted by molar-refractivity contribution is 0.0831. The van der Waals surface area contributed by atoms with Gasteiger partial charge in [0.05, 0.1) is 6.04 Å². The largest absolute Gasteiger partial charge is 0.369 e. The van der Waals surface area contributed by atoms with Crippen molar-refractivity contribution in [3.05, 3.63) is 65.9 Å². The summed E-state index contributed by atoms with van der Waals surface area (Å²) in [4.78, 5) is 32.3. The van der Waals surface area contributed by atoms with Crippen molar-refractivity contribution in [2.45, 2.75) is 19.9 Å². The van der Waals surface area contributed by atoms with Crippen molar-refractivity contribution < 1.29 is 9.59 Å². The number of para-hydroxylation sites is 1. The summed E-state index contributed by atoms with van der Waals surface area (Å²) in [6, 6.07) is 15.6. The van der Waals surface area contributed by atoms with E-state index in [4.69, 9.17) is 0 Å². The number of rotatable bonds is 5. The van der Waals surface area contributed by atoms with Crippen molar-refractivity contribution in [1.29, 1.82) is 0 Å². The van der Waals surface area contributed by atoms with E-state index in [9.17, 15) is 9.59 Å². The topological polar surface area (TPSA) is 56.4 Å². The van der Waals surface area contributed by atoms with Gasteiger partial charge in [-0.2, -0.15) is 0 Å². The molecule has 0 radical (unpaired) electrons. The van der Waals surface area contributed by atoms with E-state index in [1.165, 1.54) is 0 Å². The third-order valence-corrected chi connectivity index (χ3v) is 5.74. The van der Waals surface area contributed by atoms with Crippen LogP contribution in [0.3, 0.4) is 0 Å². The first-order valence-corrected chi connectivity index (χ1v) is 9.75. The van der Waals surface area contributed by atoms with E-state index >= 15 is 0 Å². The molecule has 2 heterocycles. The summed E-state index contributed by atoms with van der Waals surface area (Å²) in [6.45, 7) is 6.99. The van der Waals surface area contributed by atoms with Gasteiger partial charge in [0, 0.05) is 60.1 Å². The third-order valence-electron chi connectivity index (χ3n) is 5.74. The number of benzene rings is 2. The summed E-state index contributed by atoms with van der Waals surface area (Å²) in [7, 11) is 0. The van der Waals surface area contributed by atoms with Gasteiger partial charge in [0.2, 0.25) is 0 Å². The van der Waals surface area contributed by atoms with E-state index in [0.717, 1.165) is 53.9 Å². The third kappa shape index (κ3) is 3.45. The number of carbonyl (C=O) groups excluding carboxylic acids is 2. The fourth-order valence-electron chi connectivity index (χ4n) is 3.94. The number of aromatic nitrogens is 1. The van der Waals surface area contributed by atoms with Crippen LogP contribution in [0.2, 0.25) is 0 Å². The van der Waals surface area contributed by atoms with Crippen molar-refractivity contribution in [2.24, 2.45) is 0 Å². The van der Waals surface area contributed by atoms with Gasteiger partial charge in [-0.25, -0.2) is 0 Å². The molecule has 0 saturated carbocycles. The van der Waals surface area contributed by atoms with Crippen molar-refractivity contribution >= 4 is 28.2 Å². The van der Waals surface area contributed by atoms with Gasteiger partial charge in [-0.1, -0.05) is 18.2 Å². The molecule has 3 aromatic rings. The minimum Gasteiger partial charge on any atom is -0.369 e. The molecule has 0 amide bonds. The van der Waals surface area contributed by atoms with Crippen LogP contribution in [0.25, 0.3) is 10.9 Å². The first-order valence-electron chi connectivity index (χ1n) is 9.75. The maximum atomic E-state index is 13.1. The summed E-state index contributed by atoms with van der Waals surface area (Å²) in [5, 5.41) is 0.989. The molecule has 2 aromatic carbocycles. The Bertz CT molecular complexity index is 998. The number of hydrogen-bond donors (Lipinski definition) is 1. The van der Waals surface area contributed by atoms with Gasteiger partial charge < -0.3 is 9.88 Å². The Balaban J connectivity index is 1.41. The number of Topliss-reactive ketones (excluding diaryl/α,β-unsaturated/α-hetero) is 2. The fraction of sp³-hybridized carbons (Fsp3) is 0.304. The Morgan fingerprint density at radius 1 is 0.964 bits per heavy atom. The molecular weight excluding hydrogens is 350 g/mol. The summed E-state index contributed by atoms with van der Waals surface area (Å²) >= 11 is 0. The second kappa shape index (κ2) is 7.60. The van der Waals surface area contributed by atoms with E-state index < -0.39 is 0 Å². The standard InChI is InChI=1S/C23H25N3O2/c1-16(23(28)21-15-24-22-6-4-3-5-20(21)22)25-11-13-26(14-12-25)19-9-7-18(8-10-19)17(2)27/h3-10,15-16,24H,11-14H2,1-2H3/t16-/m1/s1. The number of hydrogen-bond acceptors (Lipinski definition) is 4. The summed E-state index contributed by atoms with van der Waals surface area (Å²) < 4.78 is 0. The SMILES string of the molecule is CC(=O)c1ccc(N2CCN([C@H](C)C(=O)c3c[nH]c4ccccc34)CC2)cc1. The van der Waals surface area contributed by atoms with Gasteiger partial charge in [-0.15, -0.1) is 0 Å². The highest BCUT2D eigenvalue weighted by molar-refractivity contribution is 6.10. The molecular formula is C23H25N3O2. The molecule has 28 heavy (non-hydrogen) atoms. The van der Waals surface area contributed by atoms with Crippen molar-refractivity contribution in [3.63, 3.8) is 0 Å². The minimum absolute atomic E-state index is 0.0842. The lowest BCUT2D eigenvalue weighted by Crippen LogP contribution is -2.51. The van der Waals surface area contributed by atoms with Gasteiger partial charge in [0.1, 0.15) is 0 Å². The number of nitrogens with zero attached hydrogens (tertiary/aromatic N) is 2. The summed E-state index contributed by atoms with van der Waals surface area (Å²) in [6.07, 6.45) is 1.83. The zero-order valence-corrected chi connectivity index (χ0v) is 16.3. The van der Waals surface area contributed by atoms with E-state index in [1.807, 2.05) is 61.7 Å². The van der Waals surface area contributed by atoms with Crippen LogP contribution < -0.4 is 4.90 Å². The lowest BCUT2D eigenvalue weighted by Gasteiger charge is -2.38. The van der Waals surface area contributed by atoms with Crippen LogP contribution >= 0.6 is 0 Å². The molecule has 0 bridgehead atoms. The molecule has 4 rings (SSSR count). The lowest BCUT2D eigenvalue weighted by atomic mass is 10.0. The number of aromatic amines is 1. The quantitative estimate of drug-likeness (QED) is 0.690. The molecule has 1 saturated heterocycles. The highest BCUT2D eigenvalue weighted by Gasteiger charge is 2.27. The Morgan fingerprint density at radius 2 is 1.64 bits per heavy atom. The van der Waals surface area contributed by atoms with Crippen LogP contribution in [0.4, 0.5) is 5.69 Å². The number of fused-ring (bicyclic) bond motifs is 1. The normalized spacial score (nSPS) is 16.3. The highest BCUT2D eigenvalue weighted by Crippen LogP contribution is 2.22. The van der Waals surface area contributed by atoms with Gasteiger partial charge in [-0.05, 0) is 44.2 Å². The van der Waals surface area contributed by atoms with Crippen LogP contribution in [0.15, 0.2) is 54.7 Å². The van der Waals surface area contributed by atoms with Gasteiger partial charge in [0.25, 0.3) is 0 Å².